The van der Waals surface area contributed by atoms with Gasteiger partial charge in [0, 0.05) is 4.83 Å². The van der Waals surface area contributed by atoms with Crippen LogP contribution >= 0.6 is 15.9 Å². The van der Waals surface area contributed by atoms with E-state index in [1.165, 1.54) is 25.7 Å². The van der Waals surface area contributed by atoms with Crippen molar-refractivity contribution in [3.63, 3.8) is 0 Å². The van der Waals surface area contributed by atoms with Crippen LogP contribution in [-0.2, 0) is 26.2 Å². The Morgan fingerprint density at radius 3 is 1.72 bits per heavy atom. The van der Waals surface area contributed by atoms with Gasteiger partial charge in [-0.1, -0.05) is 28.8 Å². The summed E-state index contributed by atoms with van der Waals surface area (Å²) in [4.78, 5) is 0.786. The van der Waals surface area contributed by atoms with Crippen LogP contribution in [0.25, 0.3) is 16.0 Å². The monoisotopic (exact) mass is 397 g/mol. The first-order valence-electron chi connectivity index (χ1n) is 5.83. The van der Waals surface area contributed by atoms with Gasteiger partial charge in [0.05, 0.1) is 0 Å². The molecule has 0 aromatic carbocycles. The van der Waals surface area contributed by atoms with Crippen molar-refractivity contribution in [1.29, 1.82) is 0 Å². The molecular formula is C13H30BrN3Zr. The molecule has 3 nitrogen and oxygen atoms in total. The van der Waals surface area contributed by atoms with Crippen LogP contribution in [-0.4, -0.2) is 46.6 Å². The summed E-state index contributed by atoms with van der Waals surface area (Å²) in [5.74, 6) is 0.906. The summed E-state index contributed by atoms with van der Waals surface area (Å²) < 4.78 is 0. The van der Waals surface area contributed by atoms with Crippen LogP contribution in [0.15, 0.2) is 0 Å². The minimum absolute atomic E-state index is 0. The first-order chi connectivity index (χ1) is 7.67. The maximum absolute atomic E-state index is 4.11. The van der Waals surface area contributed by atoms with Crippen molar-refractivity contribution in [3.05, 3.63) is 23.4 Å². The van der Waals surface area contributed by atoms with Crippen LogP contribution in [0.1, 0.15) is 25.7 Å². The minimum atomic E-state index is 0. The molecule has 0 saturated heterocycles. The quantitative estimate of drug-likeness (QED) is 0.491. The topological polar surface area (TPSA) is 42.3 Å². The zero-order valence-electron chi connectivity index (χ0n) is 12.9. The number of nitrogens with zero attached hydrogens (tertiary/aromatic N) is 3. The normalized spacial score (nSPS) is 20.3. The molecule has 0 aromatic rings. The van der Waals surface area contributed by atoms with Crippen LogP contribution in [0, 0.1) is 13.3 Å². The van der Waals surface area contributed by atoms with Gasteiger partial charge in [0.15, 0.2) is 0 Å². The number of hydrogen-bond donors (Lipinski definition) is 0. The average Bonchev–Trinajstić information content (AvgIpc) is 2.63. The molecule has 108 valence electrons. The van der Waals surface area contributed by atoms with E-state index in [-0.39, 0.29) is 33.6 Å². The molecule has 1 aliphatic rings. The number of alkyl halides is 1. The van der Waals surface area contributed by atoms with Gasteiger partial charge in [-0.15, -0.1) is 6.54 Å². The van der Waals surface area contributed by atoms with Crippen molar-refractivity contribution in [1.82, 2.24) is 0 Å². The van der Waals surface area contributed by atoms with Crippen molar-refractivity contribution in [2.45, 2.75) is 30.5 Å². The summed E-state index contributed by atoms with van der Waals surface area (Å²) in [6, 6.07) is 0. The van der Waals surface area contributed by atoms with Gasteiger partial charge in [0.25, 0.3) is 0 Å². The summed E-state index contributed by atoms with van der Waals surface area (Å²) in [6.07, 6.45) is 5.47. The molecule has 0 N–H and O–H groups in total. The van der Waals surface area contributed by atoms with Gasteiger partial charge in [-0.05, 0) is 18.8 Å². The summed E-state index contributed by atoms with van der Waals surface area (Å²) >= 11 is 3.69. The second kappa shape index (κ2) is 23.3. The molecule has 0 aliphatic heterocycles. The molecule has 18 heavy (non-hydrogen) atoms. The molecule has 1 rings (SSSR count). The third-order valence-electron chi connectivity index (χ3n) is 2.29. The summed E-state index contributed by atoms with van der Waals surface area (Å²) in [7, 11) is 8.90. The van der Waals surface area contributed by atoms with E-state index in [0.29, 0.717) is 0 Å². The number of hydrogen-bond acceptors (Lipinski definition) is 0. The van der Waals surface area contributed by atoms with Crippen molar-refractivity contribution in [2.24, 2.45) is 5.92 Å². The Morgan fingerprint density at radius 1 is 1.00 bits per heavy atom. The van der Waals surface area contributed by atoms with E-state index in [1.54, 1.807) is 28.2 Å². The third kappa shape index (κ3) is 19.6. The van der Waals surface area contributed by atoms with E-state index < -0.39 is 0 Å². The summed E-state index contributed by atoms with van der Waals surface area (Å²) in [5, 5.41) is 11.1. The number of halogens is 1. The average molecular weight is 400 g/mol. The number of rotatable bonds is 3. The molecule has 0 bridgehead atoms. The van der Waals surface area contributed by atoms with Crippen LogP contribution < -0.4 is 0 Å². The van der Waals surface area contributed by atoms with Crippen molar-refractivity contribution >= 4 is 15.9 Å². The SMILES string of the molecule is C[N-]C.C[N-]C.C[N-]CCC1CCCC1Br.[CH3-].[Zr+4]. The van der Waals surface area contributed by atoms with Crippen molar-refractivity contribution in [2.75, 3.05) is 41.8 Å². The van der Waals surface area contributed by atoms with Crippen LogP contribution in [0.5, 0.6) is 0 Å². The zero-order chi connectivity index (χ0) is 12.8. The Labute approximate surface area is 143 Å². The van der Waals surface area contributed by atoms with Gasteiger partial charge in [0.1, 0.15) is 0 Å². The van der Waals surface area contributed by atoms with E-state index in [9.17, 15) is 0 Å². The van der Waals surface area contributed by atoms with Gasteiger partial charge >= 0.3 is 26.2 Å². The Morgan fingerprint density at radius 2 is 1.44 bits per heavy atom. The Hall–Kier alpha value is 1.24. The molecule has 0 spiro atoms. The second-order valence-corrected chi connectivity index (χ2v) is 5.11. The Kier molecular flexibility index (Phi) is 35.7. The molecule has 0 aromatic heterocycles. The second-order valence-electron chi connectivity index (χ2n) is 3.93. The predicted octanol–water partition coefficient (Wildman–Crippen LogP) is 4.63. The fourth-order valence-corrected chi connectivity index (χ4v) is 2.46. The third-order valence-corrected chi connectivity index (χ3v) is 3.50. The molecule has 2 atom stereocenters. The summed E-state index contributed by atoms with van der Waals surface area (Å²) in [5.41, 5.74) is 0. The van der Waals surface area contributed by atoms with Crippen LogP contribution in [0.2, 0.25) is 0 Å². The molecule has 0 heterocycles. The van der Waals surface area contributed by atoms with Gasteiger partial charge in [-0.25, -0.2) is 0 Å². The standard InChI is InChI=1S/C8H15BrN.2C2H6N.CH3.Zr/c1-10-6-5-7-3-2-4-8(7)9;2*1-3-2;;/h7-8H,2-6H2,1H3;2*1-2H3;1H3;/q4*-1;+4. The largest absolute Gasteiger partial charge is 4.00 e. The van der Waals surface area contributed by atoms with E-state index in [0.717, 1.165) is 17.3 Å². The van der Waals surface area contributed by atoms with E-state index in [1.807, 2.05) is 7.05 Å². The molecule has 1 saturated carbocycles. The van der Waals surface area contributed by atoms with Gasteiger partial charge < -0.3 is 23.4 Å². The maximum atomic E-state index is 4.11. The molecular weight excluding hydrogens is 369 g/mol. The van der Waals surface area contributed by atoms with Crippen molar-refractivity contribution in [3.8, 4) is 0 Å². The van der Waals surface area contributed by atoms with Gasteiger partial charge in [-0.3, -0.25) is 0 Å². The van der Waals surface area contributed by atoms with Crippen LogP contribution in [0.4, 0.5) is 0 Å². The minimum Gasteiger partial charge on any atom is -0.668 e. The molecule has 1 aliphatic carbocycles. The first-order valence-corrected chi connectivity index (χ1v) is 6.74. The molecule has 0 amide bonds. The molecule has 0 radical (unpaired) electrons. The molecule has 1 fully saturated rings. The fraction of sp³-hybridized carbons (Fsp3) is 0.923. The van der Waals surface area contributed by atoms with Crippen molar-refractivity contribution < 1.29 is 26.2 Å². The Balaban J connectivity index is -0.000000106. The zero-order valence-corrected chi connectivity index (χ0v) is 17.0. The van der Waals surface area contributed by atoms with E-state index in [4.69, 9.17) is 0 Å². The van der Waals surface area contributed by atoms with E-state index >= 15 is 0 Å². The first kappa shape index (κ1) is 27.6. The smallest absolute Gasteiger partial charge is 0.668 e. The fourth-order valence-electron chi connectivity index (χ4n) is 1.61. The maximum Gasteiger partial charge on any atom is 4.00 e. The predicted molar refractivity (Wildman–Crippen MR) is 85.7 cm³/mol. The van der Waals surface area contributed by atoms with Crippen LogP contribution in [0.3, 0.4) is 0 Å². The summed E-state index contributed by atoms with van der Waals surface area (Å²) in [6.45, 7) is 1.05. The van der Waals surface area contributed by atoms with E-state index in [2.05, 4.69) is 31.9 Å². The van der Waals surface area contributed by atoms with Gasteiger partial charge in [0.2, 0.25) is 0 Å². The molecule has 5 heteroatoms. The van der Waals surface area contributed by atoms with Gasteiger partial charge in [-0.2, -0.15) is 35.2 Å². The molecule has 2 unspecified atom stereocenters. The Bertz CT molecular complexity index is 127.